The fraction of sp³-hybridized carbons (Fsp3) is 0.600. The Morgan fingerprint density at radius 3 is 2.67 bits per heavy atom. The van der Waals surface area contributed by atoms with Crippen molar-refractivity contribution in [2.75, 3.05) is 7.11 Å². The minimum Gasteiger partial charge on any atom is -0.496 e. The van der Waals surface area contributed by atoms with Crippen molar-refractivity contribution in [3.8, 4) is 5.75 Å². The monoisotopic (exact) mass is 313 g/mol. The molecule has 2 rings (SSSR count). The number of nitrogens with one attached hydrogen (secondary N) is 1. The summed E-state index contributed by atoms with van der Waals surface area (Å²) in [7, 11) is -2.08. The molecule has 1 saturated carbocycles. The van der Waals surface area contributed by atoms with Gasteiger partial charge < -0.3 is 9.84 Å². The van der Waals surface area contributed by atoms with Gasteiger partial charge in [0.1, 0.15) is 5.75 Å². The summed E-state index contributed by atoms with van der Waals surface area (Å²) in [5.41, 5.74) is 0.649. The maximum absolute atomic E-state index is 12.4. The summed E-state index contributed by atoms with van der Waals surface area (Å²) in [5.74, 6) is 0.485. The van der Waals surface area contributed by atoms with Crippen molar-refractivity contribution in [2.45, 2.75) is 50.7 Å². The van der Waals surface area contributed by atoms with Crippen molar-refractivity contribution in [1.82, 2.24) is 4.72 Å². The number of ether oxygens (including phenoxy) is 1. The number of sulfonamides is 1. The van der Waals surface area contributed by atoms with E-state index in [-0.39, 0.29) is 23.0 Å². The first-order chi connectivity index (χ1) is 9.77. The SMILES string of the molecule is COc1ccc(S(=O)(=O)NC2CCC(C)(C)C2)cc1CO. The Bertz CT molecular complexity index is 610. The predicted octanol–water partition coefficient (Wildman–Crippen LogP) is 2.04. The third-order valence-electron chi connectivity index (χ3n) is 4.02. The van der Waals surface area contributed by atoms with Crippen molar-refractivity contribution >= 4 is 10.0 Å². The van der Waals surface area contributed by atoms with Gasteiger partial charge >= 0.3 is 0 Å². The molecule has 21 heavy (non-hydrogen) atoms. The van der Waals surface area contributed by atoms with Gasteiger partial charge in [-0.25, -0.2) is 13.1 Å². The summed E-state index contributed by atoms with van der Waals surface area (Å²) in [6, 6.07) is 4.50. The van der Waals surface area contributed by atoms with E-state index < -0.39 is 10.0 Å². The van der Waals surface area contributed by atoms with Crippen LogP contribution in [0.4, 0.5) is 0 Å². The van der Waals surface area contributed by atoms with Gasteiger partial charge in [0.05, 0.1) is 18.6 Å². The number of aliphatic hydroxyl groups is 1. The lowest BCUT2D eigenvalue weighted by Crippen LogP contribution is -2.33. The topological polar surface area (TPSA) is 75.6 Å². The van der Waals surface area contributed by atoms with Gasteiger partial charge in [0.15, 0.2) is 0 Å². The zero-order valence-corrected chi connectivity index (χ0v) is 13.5. The molecule has 0 bridgehead atoms. The van der Waals surface area contributed by atoms with E-state index in [2.05, 4.69) is 18.6 Å². The molecular formula is C15H23NO4S. The lowest BCUT2D eigenvalue weighted by Gasteiger charge is -2.18. The zero-order valence-electron chi connectivity index (χ0n) is 12.7. The third kappa shape index (κ3) is 3.75. The molecule has 0 amide bonds. The van der Waals surface area contributed by atoms with Crippen LogP contribution in [0.3, 0.4) is 0 Å². The van der Waals surface area contributed by atoms with Gasteiger partial charge in [-0.2, -0.15) is 0 Å². The van der Waals surface area contributed by atoms with E-state index in [1.807, 2.05) is 0 Å². The van der Waals surface area contributed by atoms with Crippen molar-refractivity contribution in [1.29, 1.82) is 0 Å². The lowest BCUT2D eigenvalue weighted by atomic mass is 9.92. The van der Waals surface area contributed by atoms with Crippen molar-refractivity contribution in [3.63, 3.8) is 0 Å². The molecule has 1 aliphatic rings. The summed E-state index contributed by atoms with van der Waals surface area (Å²) >= 11 is 0. The molecule has 0 radical (unpaired) electrons. The van der Waals surface area contributed by atoms with Gasteiger partial charge in [-0.15, -0.1) is 0 Å². The van der Waals surface area contributed by atoms with Crippen LogP contribution in [-0.4, -0.2) is 26.7 Å². The highest BCUT2D eigenvalue weighted by molar-refractivity contribution is 7.89. The number of aliphatic hydroxyl groups excluding tert-OH is 1. The highest BCUT2D eigenvalue weighted by Gasteiger charge is 2.33. The second kappa shape index (κ2) is 5.94. The third-order valence-corrected chi connectivity index (χ3v) is 5.54. The van der Waals surface area contributed by atoms with Crippen LogP contribution < -0.4 is 9.46 Å². The van der Waals surface area contributed by atoms with Gasteiger partial charge in [-0.1, -0.05) is 13.8 Å². The molecule has 0 heterocycles. The number of rotatable bonds is 5. The number of hydrogen-bond acceptors (Lipinski definition) is 4. The van der Waals surface area contributed by atoms with Crippen LogP contribution in [0.25, 0.3) is 0 Å². The van der Waals surface area contributed by atoms with E-state index in [9.17, 15) is 13.5 Å². The van der Waals surface area contributed by atoms with E-state index in [1.54, 1.807) is 6.07 Å². The maximum atomic E-state index is 12.4. The van der Waals surface area contributed by atoms with Crippen LogP contribution in [0.2, 0.25) is 0 Å². The summed E-state index contributed by atoms with van der Waals surface area (Å²) in [5, 5.41) is 9.30. The van der Waals surface area contributed by atoms with E-state index in [4.69, 9.17) is 4.74 Å². The van der Waals surface area contributed by atoms with E-state index in [0.29, 0.717) is 11.3 Å². The fourth-order valence-corrected chi connectivity index (χ4v) is 4.19. The summed E-state index contributed by atoms with van der Waals surface area (Å²) in [6.45, 7) is 4.04. The van der Waals surface area contributed by atoms with Crippen LogP contribution in [0.1, 0.15) is 38.7 Å². The van der Waals surface area contributed by atoms with Crippen molar-refractivity contribution < 1.29 is 18.3 Å². The van der Waals surface area contributed by atoms with E-state index in [1.165, 1.54) is 19.2 Å². The zero-order chi connectivity index (χ0) is 15.7. The molecule has 0 aromatic heterocycles. The minimum atomic E-state index is -3.57. The number of methoxy groups -OCH3 is 1. The lowest BCUT2D eigenvalue weighted by molar-refractivity contribution is 0.273. The Morgan fingerprint density at radius 1 is 1.43 bits per heavy atom. The van der Waals surface area contributed by atoms with Gasteiger partial charge in [-0.05, 0) is 42.9 Å². The molecule has 0 spiro atoms. The molecule has 1 unspecified atom stereocenters. The van der Waals surface area contributed by atoms with Crippen molar-refractivity contribution in [3.05, 3.63) is 23.8 Å². The van der Waals surface area contributed by atoms with Gasteiger partial charge in [-0.3, -0.25) is 0 Å². The number of hydrogen-bond donors (Lipinski definition) is 2. The second-order valence-corrected chi connectivity index (χ2v) is 8.07. The average Bonchev–Trinajstić information content (AvgIpc) is 2.76. The van der Waals surface area contributed by atoms with Crippen molar-refractivity contribution in [2.24, 2.45) is 5.41 Å². The quantitative estimate of drug-likeness (QED) is 0.872. The van der Waals surface area contributed by atoms with Gasteiger partial charge in [0.2, 0.25) is 10.0 Å². The van der Waals surface area contributed by atoms with Gasteiger partial charge in [0, 0.05) is 11.6 Å². The Hall–Kier alpha value is -1.11. The molecule has 118 valence electrons. The van der Waals surface area contributed by atoms with Crippen LogP contribution in [0.5, 0.6) is 5.75 Å². The first kappa shape index (κ1) is 16.3. The molecule has 1 aromatic rings. The first-order valence-electron chi connectivity index (χ1n) is 7.07. The largest absolute Gasteiger partial charge is 0.496 e. The second-order valence-electron chi connectivity index (χ2n) is 6.36. The highest BCUT2D eigenvalue weighted by atomic mass is 32.2. The molecule has 6 heteroatoms. The Balaban J connectivity index is 2.20. The fourth-order valence-electron chi connectivity index (χ4n) is 2.87. The normalized spacial score (nSPS) is 21.4. The molecule has 0 aliphatic heterocycles. The average molecular weight is 313 g/mol. The van der Waals surface area contributed by atoms with Crippen LogP contribution in [-0.2, 0) is 16.6 Å². The standard InChI is InChI=1S/C15H23NO4S/c1-15(2)7-6-12(9-15)16-21(18,19)13-4-5-14(20-3)11(8-13)10-17/h4-5,8,12,16-17H,6-7,9-10H2,1-3H3. The minimum absolute atomic E-state index is 0.0234. The highest BCUT2D eigenvalue weighted by Crippen LogP contribution is 2.37. The van der Waals surface area contributed by atoms with E-state index in [0.717, 1.165) is 19.3 Å². The Morgan fingerprint density at radius 2 is 2.14 bits per heavy atom. The molecular weight excluding hydrogens is 290 g/mol. The molecule has 1 atom stereocenters. The van der Waals surface area contributed by atoms with E-state index >= 15 is 0 Å². The molecule has 0 saturated heterocycles. The van der Waals surface area contributed by atoms with Crippen LogP contribution >= 0.6 is 0 Å². The maximum Gasteiger partial charge on any atom is 0.240 e. The molecule has 1 aliphatic carbocycles. The predicted molar refractivity (Wildman–Crippen MR) is 80.7 cm³/mol. The molecule has 2 N–H and O–H groups in total. The summed E-state index contributed by atoms with van der Waals surface area (Å²) < 4.78 is 32.7. The Labute approximate surface area is 126 Å². The Kier molecular flexibility index (Phi) is 4.60. The molecule has 5 nitrogen and oxygen atoms in total. The first-order valence-corrected chi connectivity index (χ1v) is 8.56. The molecule has 1 fully saturated rings. The number of benzene rings is 1. The van der Waals surface area contributed by atoms with Crippen LogP contribution in [0, 0.1) is 5.41 Å². The van der Waals surface area contributed by atoms with Crippen LogP contribution in [0.15, 0.2) is 23.1 Å². The summed E-state index contributed by atoms with van der Waals surface area (Å²) in [6.07, 6.45) is 2.72. The van der Waals surface area contributed by atoms with Gasteiger partial charge in [0.25, 0.3) is 0 Å². The molecule has 1 aromatic carbocycles. The summed E-state index contributed by atoms with van der Waals surface area (Å²) in [4.78, 5) is 0.164. The smallest absolute Gasteiger partial charge is 0.240 e.